The van der Waals surface area contributed by atoms with E-state index in [0.717, 1.165) is 17.4 Å². The summed E-state index contributed by atoms with van der Waals surface area (Å²) in [6.45, 7) is 2.03. The Labute approximate surface area is 118 Å². The maximum Gasteiger partial charge on any atom is 0.196 e. The number of nitrogens with one attached hydrogen (secondary N) is 2. The first kappa shape index (κ1) is 12.5. The number of benzene rings is 2. The van der Waals surface area contributed by atoms with Crippen LogP contribution in [0.5, 0.6) is 5.75 Å². The number of aliphatic imine (C=N–C) groups is 1. The molecular formula is C16H17N3O. The summed E-state index contributed by atoms with van der Waals surface area (Å²) in [5.74, 6) is 1.69. The van der Waals surface area contributed by atoms with Crippen molar-refractivity contribution in [1.82, 2.24) is 5.32 Å². The molecule has 2 aromatic rings. The van der Waals surface area contributed by atoms with Crippen LogP contribution in [-0.2, 0) is 6.54 Å². The predicted molar refractivity (Wildman–Crippen MR) is 81.1 cm³/mol. The number of fused-ring (bicyclic) bond motifs is 1. The molecule has 0 unspecified atom stereocenters. The van der Waals surface area contributed by atoms with Gasteiger partial charge >= 0.3 is 0 Å². The minimum Gasteiger partial charge on any atom is -0.492 e. The van der Waals surface area contributed by atoms with Gasteiger partial charge in [-0.2, -0.15) is 0 Å². The fourth-order valence-electron chi connectivity index (χ4n) is 2.07. The third-order valence-electron chi connectivity index (χ3n) is 3.08. The summed E-state index contributed by atoms with van der Waals surface area (Å²) >= 11 is 0. The average Bonchev–Trinajstić information content (AvgIpc) is 2.52. The van der Waals surface area contributed by atoms with Crippen molar-refractivity contribution in [3.05, 3.63) is 60.2 Å². The van der Waals surface area contributed by atoms with Gasteiger partial charge in [-0.25, -0.2) is 4.99 Å². The van der Waals surface area contributed by atoms with Crippen molar-refractivity contribution in [3.8, 4) is 5.75 Å². The highest BCUT2D eigenvalue weighted by Crippen LogP contribution is 2.18. The summed E-state index contributed by atoms with van der Waals surface area (Å²) in [6, 6.07) is 18.0. The van der Waals surface area contributed by atoms with Gasteiger partial charge in [0.25, 0.3) is 0 Å². The smallest absolute Gasteiger partial charge is 0.196 e. The number of ether oxygens (including phenoxy) is 1. The van der Waals surface area contributed by atoms with Gasteiger partial charge in [-0.3, -0.25) is 0 Å². The van der Waals surface area contributed by atoms with Crippen LogP contribution in [0.3, 0.4) is 0 Å². The minimum absolute atomic E-state index is 0.604. The lowest BCUT2D eigenvalue weighted by Crippen LogP contribution is -2.35. The molecule has 102 valence electrons. The monoisotopic (exact) mass is 267 g/mol. The molecule has 0 amide bonds. The molecule has 0 aliphatic carbocycles. The summed E-state index contributed by atoms with van der Waals surface area (Å²) in [7, 11) is 0. The average molecular weight is 267 g/mol. The van der Waals surface area contributed by atoms with Crippen molar-refractivity contribution in [1.29, 1.82) is 0 Å². The summed E-state index contributed by atoms with van der Waals surface area (Å²) < 4.78 is 5.62. The highest BCUT2D eigenvalue weighted by atomic mass is 16.5. The van der Waals surface area contributed by atoms with E-state index in [2.05, 4.69) is 27.8 Å². The first-order chi connectivity index (χ1) is 9.92. The third kappa shape index (κ3) is 3.09. The Morgan fingerprint density at radius 1 is 1.05 bits per heavy atom. The number of para-hydroxylation sites is 2. The number of guanidine groups is 1. The van der Waals surface area contributed by atoms with Crippen molar-refractivity contribution >= 4 is 11.6 Å². The van der Waals surface area contributed by atoms with Gasteiger partial charge in [0.05, 0.1) is 13.1 Å². The normalized spacial score (nSPS) is 12.9. The van der Waals surface area contributed by atoms with Crippen molar-refractivity contribution in [2.24, 2.45) is 4.99 Å². The molecule has 0 aromatic heterocycles. The molecular weight excluding hydrogens is 250 g/mol. The minimum atomic E-state index is 0.604. The van der Waals surface area contributed by atoms with Crippen LogP contribution in [0.2, 0.25) is 0 Å². The highest BCUT2D eigenvalue weighted by molar-refractivity contribution is 5.95. The molecule has 0 radical (unpaired) electrons. The van der Waals surface area contributed by atoms with E-state index in [0.29, 0.717) is 19.7 Å². The van der Waals surface area contributed by atoms with E-state index in [1.165, 1.54) is 5.56 Å². The zero-order valence-corrected chi connectivity index (χ0v) is 11.2. The van der Waals surface area contributed by atoms with Crippen LogP contribution < -0.4 is 15.4 Å². The van der Waals surface area contributed by atoms with Gasteiger partial charge in [0, 0.05) is 5.69 Å². The molecule has 0 bridgehead atoms. The van der Waals surface area contributed by atoms with Gasteiger partial charge in [0.1, 0.15) is 12.4 Å². The largest absolute Gasteiger partial charge is 0.492 e. The fourth-order valence-corrected chi connectivity index (χ4v) is 2.07. The van der Waals surface area contributed by atoms with Crippen molar-refractivity contribution in [2.75, 3.05) is 18.5 Å². The van der Waals surface area contributed by atoms with Gasteiger partial charge in [-0.15, -0.1) is 0 Å². The Kier molecular flexibility index (Phi) is 3.83. The molecule has 0 spiro atoms. The zero-order chi connectivity index (χ0) is 13.6. The van der Waals surface area contributed by atoms with E-state index in [9.17, 15) is 0 Å². The molecule has 1 aliphatic rings. The number of hydrogen-bond donors (Lipinski definition) is 2. The maximum absolute atomic E-state index is 5.62. The lowest BCUT2D eigenvalue weighted by Gasteiger charge is -2.19. The first-order valence-electron chi connectivity index (χ1n) is 6.73. The Balaban J connectivity index is 1.45. The summed E-state index contributed by atoms with van der Waals surface area (Å²) in [4.78, 5) is 4.45. The molecule has 0 fully saturated rings. The number of nitrogens with zero attached hydrogens (tertiary/aromatic N) is 1. The first-order valence-corrected chi connectivity index (χ1v) is 6.73. The Hall–Kier alpha value is -2.49. The SMILES string of the molecule is c1ccc(OCCNC2=NCc3ccccc3N2)cc1. The Morgan fingerprint density at radius 2 is 1.85 bits per heavy atom. The van der Waals surface area contributed by atoms with Gasteiger partial charge in [-0.05, 0) is 23.8 Å². The second-order valence-electron chi connectivity index (χ2n) is 4.54. The lowest BCUT2D eigenvalue weighted by atomic mass is 10.1. The van der Waals surface area contributed by atoms with Crippen molar-refractivity contribution in [3.63, 3.8) is 0 Å². The molecule has 0 saturated heterocycles. The van der Waals surface area contributed by atoms with E-state index < -0.39 is 0 Å². The van der Waals surface area contributed by atoms with E-state index in [1.54, 1.807) is 0 Å². The van der Waals surface area contributed by atoms with Crippen LogP contribution in [-0.4, -0.2) is 19.1 Å². The topological polar surface area (TPSA) is 45.6 Å². The maximum atomic E-state index is 5.62. The molecule has 4 nitrogen and oxygen atoms in total. The van der Waals surface area contributed by atoms with Crippen LogP contribution in [0.15, 0.2) is 59.6 Å². The van der Waals surface area contributed by atoms with Gasteiger partial charge in [0.15, 0.2) is 5.96 Å². The Morgan fingerprint density at radius 3 is 2.75 bits per heavy atom. The lowest BCUT2D eigenvalue weighted by molar-refractivity contribution is 0.322. The van der Waals surface area contributed by atoms with E-state index in [1.807, 2.05) is 42.5 Å². The number of anilines is 1. The second-order valence-corrected chi connectivity index (χ2v) is 4.54. The number of rotatable bonds is 4. The standard InChI is InChI=1S/C16H17N3O/c1-2-7-14(8-3-1)20-11-10-17-16-18-12-13-6-4-5-9-15(13)19-16/h1-9H,10-12H2,(H2,17,18,19). The molecule has 1 aliphatic heterocycles. The summed E-state index contributed by atoms with van der Waals surface area (Å²) in [5, 5.41) is 6.53. The van der Waals surface area contributed by atoms with Gasteiger partial charge < -0.3 is 15.4 Å². The highest BCUT2D eigenvalue weighted by Gasteiger charge is 2.09. The van der Waals surface area contributed by atoms with Crippen LogP contribution >= 0.6 is 0 Å². The Bertz CT molecular complexity index is 596. The third-order valence-corrected chi connectivity index (χ3v) is 3.08. The van der Waals surface area contributed by atoms with Crippen LogP contribution in [0.25, 0.3) is 0 Å². The second kappa shape index (κ2) is 6.10. The quantitative estimate of drug-likeness (QED) is 0.837. The van der Waals surface area contributed by atoms with Crippen LogP contribution in [0.1, 0.15) is 5.56 Å². The summed E-state index contributed by atoms with van der Waals surface area (Å²) in [6.07, 6.45) is 0. The molecule has 20 heavy (non-hydrogen) atoms. The van der Waals surface area contributed by atoms with E-state index >= 15 is 0 Å². The molecule has 4 heteroatoms. The van der Waals surface area contributed by atoms with E-state index in [-0.39, 0.29) is 0 Å². The van der Waals surface area contributed by atoms with Crippen LogP contribution in [0, 0.1) is 0 Å². The van der Waals surface area contributed by atoms with Crippen molar-refractivity contribution < 1.29 is 4.74 Å². The zero-order valence-electron chi connectivity index (χ0n) is 11.2. The molecule has 2 N–H and O–H groups in total. The molecule has 0 atom stereocenters. The predicted octanol–water partition coefficient (Wildman–Crippen LogP) is 2.64. The van der Waals surface area contributed by atoms with Gasteiger partial charge in [-0.1, -0.05) is 36.4 Å². The van der Waals surface area contributed by atoms with E-state index in [4.69, 9.17) is 4.74 Å². The number of hydrogen-bond acceptors (Lipinski definition) is 4. The van der Waals surface area contributed by atoms with Crippen LogP contribution in [0.4, 0.5) is 5.69 Å². The summed E-state index contributed by atoms with van der Waals surface area (Å²) in [5.41, 5.74) is 2.34. The van der Waals surface area contributed by atoms with Crippen molar-refractivity contribution in [2.45, 2.75) is 6.54 Å². The molecule has 3 rings (SSSR count). The molecule has 0 saturated carbocycles. The fraction of sp³-hybridized carbons (Fsp3) is 0.188. The molecule has 1 heterocycles. The van der Waals surface area contributed by atoms with Gasteiger partial charge in [0.2, 0.25) is 0 Å². The molecule has 2 aromatic carbocycles.